The van der Waals surface area contributed by atoms with Crippen molar-refractivity contribution in [2.24, 2.45) is 11.7 Å². The third kappa shape index (κ3) is 0.400. The fraction of sp³-hybridized carbons (Fsp3) is 1.00. The van der Waals surface area contributed by atoms with Crippen molar-refractivity contribution < 1.29 is 4.74 Å². The van der Waals surface area contributed by atoms with Gasteiger partial charge < -0.3 is 10.5 Å². The van der Waals surface area contributed by atoms with Crippen molar-refractivity contribution >= 4 is 0 Å². The molecule has 0 radical (unpaired) electrons. The van der Waals surface area contributed by atoms with Gasteiger partial charge in [-0.25, -0.2) is 0 Å². The van der Waals surface area contributed by atoms with Crippen molar-refractivity contribution in [2.75, 3.05) is 13.2 Å². The van der Waals surface area contributed by atoms with Crippen LogP contribution in [0.25, 0.3) is 0 Å². The van der Waals surface area contributed by atoms with E-state index < -0.39 is 0 Å². The molecule has 2 heteroatoms. The van der Waals surface area contributed by atoms with Crippen LogP contribution in [0, 0.1) is 5.92 Å². The molecule has 1 saturated heterocycles. The minimum Gasteiger partial charge on any atom is -0.373 e. The van der Waals surface area contributed by atoms with Crippen molar-refractivity contribution in [3.05, 3.63) is 0 Å². The van der Waals surface area contributed by atoms with E-state index in [1.165, 1.54) is 12.8 Å². The molecule has 1 heterocycles. The van der Waals surface area contributed by atoms with E-state index in [0.717, 1.165) is 19.1 Å². The van der Waals surface area contributed by atoms with Crippen molar-refractivity contribution in [3.63, 3.8) is 0 Å². The van der Waals surface area contributed by atoms with E-state index in [2.05, 4.69) is 0 Å². The van der Waals surface area contributed by atoms with Gasteiger partial charge in [0.25, 0.3) is 0 Å². The lowest BCUT2D eigenvalue weighted by Gasteiger charge is -2.06. The molecule has 0 aromatic carbocycles. The number of rotatable bonds is 1. The first kappa shape index (κ1) is 4.77. The Balaban J connectivity index is 2.08. The summed E-state index contributed by atoms with van der Waals surface area (Å²) in [6, 6.07) is 0. The highest BCUT2D eigenvalue weighted by Crippen LogP contribution is 2.52. The van der Waals surface area contributed by atoms with Gasteiger partial charge in [0.05, 0.1) is 5.60 Å². The number of nitrogens with two attached hydrogens (primary N) is 1. The third-order valence-corrected chi connectivity index (χ3v) is 2.38. The van der Waals surface area contributed by atoms with E-state index in [9.17, 15) is 0 Å². The zero-order chi connectivity index (χ0) is 5.61. The lowest BCUT2D eigenvalue weighted by Crippen LogP contribution is -2.23. The van der Waals surface area contributed by atoms with Crippen molar-refractivity contribution in [1.82, 2.24) is 0 Å². The van der Waals surface area contributed by atoms with E-state index in [1.807, 2.05) is 0 Å². The van der Waals surface area contributed by atoms with Crippen LogP contribution >= 0.6 is 0 Å². The molecule has 0 aromatic heterocycles. The quantitative estimate of drug-likeness (QED) is 0.524. The van der Waals surface area contributed by atoms with Crippen LogP contribution in [0.3, 0.4) is 0 Å². The van der Waals surface area contributed by atoms with Gasteiger partial charge in [-0.15, -0.1) is 0 Å². The van der Waals surface area contributed by atoms with Gasteiger partial charge in [-0.1, -0.05) is 0 Å². The highest BCUT2D eigenvalue weighted by molar-refractivity contribution is 5.09. The summed E-state index contributed by atoms with van der Waals surface area (Å²) in [7, 11) is 0. The molecule has 1 saturated carbocycles. The molecule has 2 nitrogen and oxygen atoms in total. The highest BCUT2D eigenvalue weighted by atomic mass is 16.5. The summed E-state index contributed by atoms with van der Waals surface area (Å²) in [6.45, 7) is 1.68. The van der Waals surface area contributed by atoms with Crippen LogP contribution in [0.2, 0.25) is 0 Å². The molecular weight excluding hydrogens is 102 g/mol. The third-order valence-electron chi connectivity index (χ3n) is 2.38. The van der Waals surface area contributed by atoms with Crippen molar-refractivity contribution in [2.45, 2.75) is 18.4 Å². The molecule has 2 fully saturated rings. The summed E-state index contributed by atoms with van der Waals surface area (Å²) < 4.78 is 5.44. The molecule has 1 unspecified atom stereocenters. The first-order valence-electron chi connectivity index (χ1n) is 3.21. The van der Waals surface area contributed by atoms with E-state index in [4.69, 9.17) is 10.5 Å². The zero-order valence-corrected chi connectivity index (χ0v) is 4.89. The fourth-order valence-corrected chi connectivity index (χ4v) is 1.61. The lowest BCUT2D eigenvalue weighted by molar-refractivity contribution is 0.0725. The maximum atomic E-state index is 5.48. The van der Waals surface area contributed by atoms with Gasteiger partial charge in [-0.2, -0.15) is 0 Å². The number of hydrogen-bond donors (Lipinski definition) is 1. The Kier molecular flexibility index (Phi) is 0.746. The number of ether oxygens (including phenoxy) is 1. The molecular formula is C6H11NO. The van der Waals surface area contributed by atoms with Gasteiger partial charge in [-0.05, 0) is 18.8 Å². The Hall–Kier alpha value is -0.0800. The summed E-state index contributed by atoms with van der Waals surface area (Å²) >= 11 is 0. The Bertz CT molecular complexity index is 111. The average Bonchev–Trinajstić information content (AvgIpc) is 2.38. The predicted molar refractivity (Wildman–Crippen MR) is 30.5 cm³/mol. The molecule has 2 aliphatic rings. The molecule has 0 bridgehead atoms. The molecule has 2 N–H and O–H groups in total. The van der Waals surface area contributed by atoms with Crippen LogP contribution < -0.4 is 5.73 Å². The topological polar surface area (TPSA) is 35.2 Å². The van der Waals surface area contributed by atoms with Crippen LogP contribution in [-0.4, -0.2) is 18.8 Å². The van der Waals surface area contributed by atoms with Gasteiger partial charge in [-0.3, -0.25) is 0 Å². The van der Waals surface area contributed by atoms with Crippen LogP contribution in [0.4, 0.5) is 0 Å². The standard InChI is InChI=1S/C6H11NO/c7-4-6-3-5(6)1-2-8-6/h5H,1-4,7H2/t5-,6?/m1/s1. The summed E-state index contributed by atoms with van der Waals surface area (Å²) in [4.78, 5) is 0. The number of fused-ring (bicyclic) bond motifs is 1. The molecule has 1 aliphatic carbocycles. The van der Waals surface area contributed by atoms with Crippen LogP contribution in [0.15, 0.2) is 0 Å². The molecule has 2 rings (SSSR count). The van der Waals surface area contributed by atoms with E-state index in [-0.39, 0.29) is 5.60 Å². The lowest BCUT2D eigenvalue weighted by atomic mass is 10.2. The maximum Gasteiger partial charge on any atom is 0.0837 e. The summed E-state index contributed by atoms with van der Waals surface area (Å²) in [5.41, 5.74) is 5.67. The highest BCUT2D eigenvalue weighted by Gasteiger charge is 2.57. The summed E-state index contributed by atoms with van der Waals surface area (Å²) in [5, 5.41) is 0. The number of hydrogen-bond acceptors (Lipinski definition) is 2. The predicted octanol–water partition coefficient (Wildman–Crippen LogP) is 0.124. The first-order valence-corrected chi connectivity index (χ1v) is 3.21. The Labute approximate surface area is 49.0 Å². The first-order chi connectivity index (χ1) is 3.87. The Morgan fingerprint density at radius 3 is 2.88 bits per heavy atom. The van der Waals surface area contributed by atoms with Crippen LogP contribution in [-0.2, 0) is 4.74 Å². The van der Waals surface area contributed by atoms with Gasteiger partial charge in [0.2, 0.25) is 0 Å². The Morgan fingerprint density at radius 1 is 1.75 bits per heavy atom. The fourth-order valence-electron chi connectivity index (χ4n) is 1.61. The molecule has 0 aromatic rings. The maximum absolute atomic E-state index is 5.48. The van der Waals surface area contributed by atoms with E-state index in [1.54, 1.807) is 0 Å². The minimum absolute atomic E-state index is 0.181. The van der Waals surface area contributed by atoms with Gasteiger partial charge in [0.15, 0.2) is 0 Å². The molecule has 46 valence electrons. The second-order valence-corrected chi connectivity index (χ2v) is 2.81. The van der Waals surface area contributed by atoms with Crippen LogP contribution in [0.1, 0.15) is 12.8 Å². The van der Waals surface area contributed by atoms with Gasteiger partial charge in [0.1, 0.15) is 0 Å². The van der Waals surface area contributed by atoms with Gasteiger partial charge in [0, 0.05) is 13.2 Å². The molecule has 0 spiro atoms. The zero-order valence-electron chi connectivity index (χ0n) is 4.89. The molecule has 1 aliphatic heterocycles. The van der Waals surface area contributed by atoms with Crippen molar-refractivity contribution in [3.8, 4) is 0 Å². The molecule has 0 amide bonds. The minimum atomic E-state index is 0.181. The van der Waals surface area contributed by atoms with Crippen LogP contribution in [0.5, 0.6) is 0 Å². The second kappa shape index (κ2) is 1.25. The molecule has 8 heavy (non-hydrogen) atoms. The van der Waals surface area contributed by atoms with E-state index in [0.29, 0.717) is 0 Å². The van der Waals surface area contributed by atoms with Gasteiger partial charge >= 0.3 is 0 Å². The molecule has 2 atom stereocenters. The second-order valence-electron chi connectivity index (χ2n) is 2.81. The summed E-state index contributed by atoms with van der Waals surface area (Å²) in [6.07, 6.45) is 2.47. The van der Waals surface area contributed by atoms with Crippen molar-refractivity contribution in [1.29, 1.82) is 0 Å². The Morgan fingerprint density at radius 2 is 2.62 bits per heavy atom. The smallest absolute Gasteiger partial charge is 0.0837 e. The SMILES string of the molecule is NCC12C[C@H]1CCO2. The average molecular weight is 113 g/mol. The van der Waals surface area contributed by atoms with E-state index >= 15 is 0 Å². The monoisotopic (exact) mass is 113 g/mol. The normalized spacial score (nSPS) is 51.4. The summed E-state index contributed by atoms with van der Waals surface area (Å²) in [5.74, 6) is 0.826. The largest absolute Gasteiger partial charge is 0.373 e.